The number of nitrogens with zero attached hydrogens (tertiary/aromatic N) is 4. The Morgan fingerprint density at radius 2 is 2.00 bits per heavy atom. The number of pyridine rings is 1. The molecule has 27 heavy (non-hydrogen) atoms. The number of aliphatic carboxylic acids is 1. The summed E-state index contributed by atoms with van der Waals surface area (Å²) in [6, 6.07) is -2.06. The van der Waals surface area contributed by atoms with Crippen molar-refractivity contribution in [1.29, 1.82) is 0 Å². The molecule has 0 saturated carbocycles. The van der Waals surface area contributed by atoms with Crippen LogP contribution in [0.4, 0.5) is 11.6 Å². The number of carbonyl (C=O) groups is 1. The summed E-state index contributed by atoms with van der Waals surface area (Å²) in [6.07, 6.45) is 2.52. The van der Waals surface area contributed by atoms with E-state index in [-0.39, 0.29) is 11.6 Å². The van der Waals surface area contributed by atoms with Gasteiger partial charge in [-0.1, -0.05) is 0 Å². The second-order valence-electron chi connectivity index (χ2n) is 5.90. The van der Waals surface area contributed by atoms with Crippen LogP contribution >= 0.6 is 0 Å². The molecule has 0 fully saturated rings. The van der Waals surface area contributed by atoms with Gasteiger partial charge in [-0.3, -0.25) is 25.2 Å². The predicted molar refractivity (Wildman–Crippen MR) is 95.4 cm³/mol. The Labute approximate surface area is 154 Å². The molecule has 2 aromatic heterocycles. The van der Waals surface area contributed by atoms with Crippen molar-refractivity contribution in [3.05, 3.63) is 45.0 Å². The number of carboxylic acids is 1. The summed E-state index contributed by atoms with van der Waals surface area (Å²) >= 11 is 0. The maximum Gasteiger partial charge on any atom is 0.320 e. The lowest BCUT2D eigenvalue weighted by Gasteiger charge is -2.23. The second kappa shape index (κ2) is 7.91. The lowest BCUT2D eigenvalue weighted by molar-refractivity contribution is -0.386. The average molecular weight is 376 g/mol. The molecule has 0 aliphatic carbocycles. The van der Waals surface area contributed by atoms with Gasteiger partial charge in [0.25, 0.3) is 0 Å². The maximum absolute atomic E-state index is 11.4. The Hall–Kier alpha value is -3.34. The fourth-order valence-electron chi connectivity index (χ4n) is 2.70. The highest BCUT2D eigenvalue weighted by atomic mass is 16.6. The number of nitrogen functional groups attached to an aromatic ring is 1. The molecule has 0 bridgehead atoms. The summed E-state index contributed by atoms with van der Waals surface area (Å²) in [4.78, 5) is 34.1. The van der Waals surface area contributed by atoms with Gasteiger partial charge < -0.3 is 15.6 Å². The quantitative estimate of drug-likeness (QED) is 0.471. The van der Waals surface area contributed by atoms with Crippen LogP contribution in [0.15, 0.2) is 12.4 Å². The number of methoxy groups -OCH3 is 1. The lowest BCUT2D eigenvalue weighted by atomic mass is 10.0. The van der Waals surface area contributed by atoms with Crippen molar-refractivity contribution < 1.29 is 19.6 Å². The van der Waals surface area contributed by atoms with Crippen LogP contribution in [0.2, 0.25) is 0 Å². The van der Waals surface area contributed by atoms with Crippen molar-refractivity contribution in [2.45, 2.75) is 32.9 Å². The first-order valence-corrected chi connectivity index (χ1v) is 7.93. The van der Waals surface area contributed by atoms with Gasteiger partial charge in [-0.2, -0.15) is 0 Å². The lowest BCUT2D eigenvalue weighted by Crippen LogP contribution is -2.38. The molecule has 1 unspecified atom stereocenters. The highest BCUT2D eigenvalue weighted by molar-refractivity contribution is 5.73. The van der Waals surface area contributed by atoms with Gasteiger partial charge in [0.1, 0.15) is 29.7 Å². The van der Waals surface area contributed by atoms with E-state index in [2.05, 4.69) is 20.3 Å². The topological polar surface area (TPSA) is 166 Å². The first kappa shape index (κ1) is 20.0. The number of nitrogens with one attached hydrogen (secondary N) is 1. The smallest absolute Gasteiger partial charge is 0.320 e. The fourth-order valence-corrected chi connectivity index (χ4v) is 2.70. The first-order chi connectivity index (χ1) is 12.7. The van der Waals surface area contributed by atoms with E-state index in [1.54, 1.807) is 13.8 Å². The zero-order valence-electron chi connectivity index (χ0n) is 15.3. The number of anilines is 1. The fraction of sp³-hybridized carbons (Fsp3) is 0.375. The Balaban J connectivity index is 2.73. The van der Waals surface area contributed by atoms with Crippen molar-refractivity contribution in [1.82, 2.24) is 20.3 Å². The van der Waals surface area contributed by atoms with Crippen molar-refractivity contribution in [3.8, 4) is 5.75 Å². The van der Waals surface area contributed by atoms with Gasteiger partial charge in [0.05, 0.1) is 17.7 Å². The van der Waals surface area contributed by atoms with E-state index < -0.39 is 28.7 Å². The van der Waals surface area contributed by atoms with Crippen LogP contribution in [-0.4, -0.2) is 44.1 Å². The maximum atomic E-state index is 11.4. The summed E-state index contributed by atoms with van der Waals surface area (Å²) in [5.74, 6) is -0.775. The number of aromatic nitrogens is 3. The molecule has 11 heteroatoms. The van der Waals surface area contributed by atoms with Gasteiger partial charge in [-0.15, -0.1) is 0 Å². The molecular formula is C16H20N6O5. The summed E-state index contributed by atoms with van der Waals surface area (Å²) < 4.78 is 5.38. The van der Waals surface area contributed by atoms with Gasteiger partial charge in [0.2, 0.25) is 5.95 Å². The summed E-state index contributed by atoms with van der Waals surface area (Å²) in [7, 11) is 1.49. The molecule has 0 aliphatic heterocycles. The molecule has 2 atom stereocenters. The van der Waals surface area contributed by atoms with Crippen molar-refractivity contribution in [2.24, 2.45) is 0 Å². The molecule has 4 N–H and O–H groups in total. The van der Waals surface area contributed by atoms with Crippen LogP contribution in [-0.2, 0) is 4.79 Å². The molecule has 2 aromatic rings. The number of hydrogen-bond donors (Lipinski definition) is 3. The highest BCUT2D eigenvalue weighted by Crippen LogP contribution is 2.33. The van der Waals surface area contributed by atoms with Gasteiger partial charge in [0.15, 0.2) is 0 Å². The third kappa shape index (κ3) is 4.08. The number of ether oxygens (including phenoxy) is 1. The van der Waals surface area contributed by atoms with Crippen molar-refractivity contribution in [2.75, 3.05) is 12.8 Å². The molecule has 11 nitrogen and oxygen atoms in total. The molecule has 0 aliphatic rings. The van der Waals surface area contributed by atoms with Crippen molar-refractivity contribution in [3.63, 3.8) is 0 Å². The molecule has 0 amide bonds. The number of rotatable bonds is 7. The van der Waals surface area contributed by atoms with E-state index in [1.807, 2.05) is 0 Å². The van der Waals surface area contributed by atoms with E-state index in [9.17, 15) is 20.0 Å². The minimum absolute atomic E-state index is 0.0814. The standard InChI is InChI=1S/C16H20N6O5/c1-7-5-18-11(8(2)14(7)27-4)13(20-9(3)15(23)24)12-10(22(25)26)6-19-16(17)21-12/h5-6,9,13,20H,1-4H3,(H,23,24)(H2,17,19,21)/t9-,13?/m1/s1. The summed E-state index contributed by atoms with van der Waals surface area (Å²) in [5, 5.41) is 23.5. The third-order valence-corrected chi connectivity index (χ3v) is 4.03. The molecular weight excluding hydrogens is 356 g/mol. The van der Waals surface area contributed by atoms with Crippen LogP contribution in [0.1, 0.15) is 35.5 Å². The predicted octanol–water partition coefficient (Wildman–Crippen LogP) is 1.14. The number of aryl methyl sites for hydroxylation is 1. The van der Waals surface area contributed by atoms with Crippen LogP contribution < -0.4 is 15.8 Å². The van der Waals surface area contributed by atoms with E-state index in [0.29, 0.717) is 17.0 Å². The minimum atomic E-state index is -1.14. The summed E-state index contributed by atoms with van der Waals surface area (Å²) in [6.45, 7) is 4.94. The molecule has 0 radical (unpaired) electrons. The van der Waals surface area contributed by atoms with Crippen LogP contribution in [0.5, 0.6) is 5.75 Å². The molecule has 0 saturated heterocycles. The number of nitrogens with two attached hydrogens (primary N) is 1. The van der Waals surface area contributed by atoms with Gasteiger partial charge in [-0.25, -0.2) is 9.97 Å². The number of carboxylic acid groups (broad SMARTS) is 1. The molecule has 0 aromatic carbocycles. The SMILES string of the molecule is COc1c(C)cnc(C(N[C@H](C)C(=O)O)c2nc(N)ncc2[N+](=O)[O-])c1C. The molecule has 0 spiro atoms. The normalized spacial score (nSPS) is 13.0. The number of hydrogen-bond acceptors (Lipinski definition) is 9. The Morgan fingerprint density at radius 3 is 2.56 bits per heavy atom. The van der Waals surface area contributed by atoms with E-state index >= 15 is 0 Å². The largest absolute Gasteiger partial charge is 0.496 e. The van der Waals surface area contributed by atoms with E-state index in [1.165, 1.54) is 20.2 Å². The van der Waals surface area contributed by atoms with E-state index in [4.69, 9.17) is 10.5 Å². The Morgan fingerprint density at radius 1 is 1.33 bits per heavy atom. The van der Waals surface area contributed by atoms with Crippen LogP contribution in [0, 0.1) is 24.0 Å². The highest BCUT2D eigenvalue weighted by Gasteiger charge is 2.32. The van der Waals surface area contributed by atoms with Gasteiger partial charge >= 0.3 is 11.7 Å². The first-order valence-electron chi connectivity index (χ1n) is 7.93. The van der Waals surface area contributed by atoms with Gasteiger partial charge in [0, 0.05) is 17.3 Å². The monoisotopic (exact) mass is 376 g/mol. The van der Waals surface area contributed by atoms with Crippen LogP contribution in [0.25, 0.3) is 0 Å². The van der Waals surface area contributed by atoms with Gasteiger partial charge in [-0.05, 0) is 20.8 Å². The second-order valence-corrected chi connectivity index (χ2v) is 5.90. The van der Waals surface area contributed by atoms with Crippen LogP contribution in [0.3, 0.4) is 0 Å². The Bertz CT molecular complexity index is 888. The molecule has 144 valence electrons. The average Bonchev–Trinajstić information content (AvgIpc) is 2.60. The Kier molecular flexibility index (Phi) is 5.85. The molecule has 2 rings (SSSR count). The summed E-state index contributed by atoms with van der Waals surface area (Å²) in [5.41, 5.74) is 6.83. The minimum Gasteiger partial charge on any atom is -0.496 e. The number of nitro groups is 1. The third-order valence-electron chi connectivity index (χ3n) is 4.03. The zero-order valence-corrected chi connectivity index (χ0v) is 15.3. The van der Waals surface area contributed by atoms with Crippen molar-refractivity contribution >= 4 is 17.6 Å². The zero-order chi connectivity index (χ0) is 20.3. The molecule has 2 heterocycles. The van der Waals surface area contributed by atoms with E-state index in [0.717, 1.165) is 11.8 Å².